The van der Waals surface area contributed by atoms with Gasteiger partial charge in [0.15, 0.2) is 0 Å². The summed E-state index contributed by atoms with van der Waals surface area (Å²) in [5.41, 5.74) is 0.452. The molecule has 1 aromatic carbocycles. The predicted molar refractivity (Wildman–Crippen MR) is 114 cm³/mol. The van der Waals surface area contributed by atoms with Crippen LogP contribution in [-0.4, -0.2) is 47.1 Å². The molecule has 1 amide bonds. The lowest BCUT2D eigenvalue weighted by Gasteiger charge is -2.19. The number of carbonyl (C=O) groups excluding carboxylic acids is 1. The van der Waals surface area contributed by atoms with Crippen molar-refractivity contribution in [3.05, 3.63) is 45.7 Å². The highest BCUT2D eigenvalue weighted by Gasteiger charge is 2.16. The molecular formula is C22H30N2O6. The maximum atomic E-state index is 12.5. The summed E-state index contributed by atoms with van der Waals surface area (Å²) in [6.45, 7) is 9.11. The van der Waals surface area contributed by atoms with Gasteiger partial charge in [-0.25, -0.2) is 9.59 Å². The molecule has 0 radical (unpaired) electrons. The van der Waals surface area contributed by atoms with Crippen LogP contribution in [0.1, 0.15) is 50.0 Å². The maximum Gasteiger partial charge on any atom is 0.407 e. The third kappa shape index (κ3) is 6.59. The summed E-state index contributed by atoms with van der Waals surface area (Å²) in [6, 6.07) is 5.56. The number of aromatic nitrogens is 1. The Morgan fingerprint density at radius 3 is 2.57 bits per heavy atom. The van der Waals surface area contributed by atoms with Crippen molar-refractivity contribution >= 4 is 23.0 Å². The number of benzene rings is 1. The van der Waals surface area contributed by atoms with Gasteiger partial charge in [0.1, 0.15) is 11.2 Å². The van der Waals surface area contributed by atoms with Crippen molar-refractivity contribution < 1.29 is 24.2 Å². The number of nitrogens with zero attached hydrogens (tertiary/aromatic N) is 1. The summed E-state index contributed by atoms with van der Waals surface area (Å²) in [5.74, 6) is -1.22. The van der Waals surface area contributed by atoms with Gasteiger partial charge in [-0.2, -0.15) is 0 Å². The van der Waals surface area contributed by atoms with E-state index in [2.05, 4.69) is 5.32 Å². The van der Waals surface area contributed by atoms with Crippen LogP contribution < -0.4 is 10.7 Å². The average molecular weight is 418 g/mol. The molecule has 30 heavy (non-hydrogen) atoms. The molecule has 8 heteroatoms. The predicted octanol–water partition coefficient (Wildman–Crippen LogP) is 3.19. The second-order valence-corrected chi connectivity index (χ2v) is 7.96. The van der Waals surface area contributed by atoms with Crippen LogP contribution in [0.25, 0.3) is 10.9 Å². The lowest BCUT2D eigenvalue weighted by atomic mass is 10.0. The molecule has 2 rings (SSSR count). The van der Waals surface area contributed by atoms with E-state index in [1.54, 1.807) is 31.4 Å². The van der Waals surface area contributed by atoms with Crippen molar-refractivity contribution in [2.45, 2.75) is 52.7 Å². The zero-order valence-electron chi connectivity index (χ0n) is 18.0. The molecule has 2 aromatic rings. The summed E-state index contributed by atoms with van der Waals surface area (Å²) in [4.78, 5) is 35.4. The van der Waals surface area contributed by atoms with E-state index in [9.17, 15) is 19.5 Å². The minimum atomic E-state index is -1.22. The highest BCUT2D eigenvalue weighted by molar-refractivity contribution is 5.92. The summed E-state index contributed by atoms with van der Waals surface area (Å²) in [6.07, 6.45) is 2.35. The number of amides is 1. The molecule has 2 N–H and O–H groups in total. The fourth-order valence-corrected chi connectivity index (χ4v) is 3.03. The number of carboxylic acid groups (broad SMARTS) is 1. The number of nitrogens with one attached hydrogen (secondary N) is 1. The lowest BCUT2D eigenvalue weighted by Crippen LogP contribution is -2.34. The molecule has 0 bridgehead atoms. The van der Waals surface area contributed by atoms with E-state index in [4.69, 9.17) is 9.47 Å². The molecule has 0 unspecified atom stereocenters. The number of aromatic carboxylic acids is 1. The van der Waals surface area contributed by atoms with Crippen LogP contribution in [0, 0.1) is 0 Å². The van der Waals surface area contributed by atoms with Crippen molar-refractivity contribution in [3.8, 4) is 0 Å². The van der Waals surface area contributed by atoms with Gasteiger partial charge in [0, 0.05) is 31.3 Å². The Balaban J connectivity index is 1.87. The smallest absolute Gasteiger partial charge is 0.407 e. The Hall–Kier alpha value is -2.87. The number of pyridine rings is 1. The molecule has 0 saturated carbocycles. The van der Waals surface area contributed by atoms with Gasteiger partial charge in [-0.3, -0.25) is 4.79 Å². The van der Waals surface area contributed by atoms with E-state index >= 15 is 0 Å². The summed E-state index contributed by atoms with van der Waals surface area (Å²) >= 11 is 0. The van der Waals surface area contributed by atoms with Crippen molar-refractivity contribution in [2.24, 2.45) is 0 Å². The summed E-state index contributed by atoms with van der Waals surface area (Å²) < 4.78 is 12.4. The molecule has 0 aliphatic rings. The van der Waals surface area contributed by atoms with Crippen LogP contribution in [0.5, 0.6) is 0 Å². The van der Waals surface area contributed by atoms with Crippen molar-refractivity contribution in [2.75, 3.05) is 19.8 Å². The van der Waals surface area contributed by atoms with Gasteiger partial charge in [0.05, 0.1) is 12.1 Å². The first-order valence-corrected chi connectivity index (χ1v) is 10.1. The van der Waals surface area contributed by atoms with Gasteiger partial charge in [0.2, 0.25) is 5.43 Å². The number of hydrogen-bond acceptors (Lipinski definition) is 5. The molecule has 0 aliphatic carbocycles. The molecule has 8 nitrogen and oxygen atoms in total. The van der Waals surface area contributed by atoms with Crippen molar-refractivity contribution in [1.82, 2.24) is 9.88 Å². The zero-order chi connectivity index (χ0) is 22.3. The second-order valence-electron chi connectivity index (χ2n) is 7.96. The Bertz CT molecular complexity index is 958. The van der Waals surface area contributed by atoms with Crippen LogP contribution in [0.2, 0.25) is 0 Å². The van der Waals surface area contributed by atoms with Gasteiger partial charge in [-0.1, -0.05) is 6.07 Å². The van der Waals surface area contributed by atoms with Crippen molar-refractivity contribution in [1.29, 1.82) is 0 Å². The highest BCUT2D eigenvalue weighted by atomic mass is 16.6. The third-order valence-electron chi connectivity index (χ3n) is 4.38. The highest BCUT2D eigenvalue weighted by Crippen LogP contribution is 2.16. The van der Waals surface area contributed by atoms with E-state index < -0.39 is 23.1 Å². The van der Waals surface area contributed by atoms with Gasteiger partial charge in [-0.05, 0) is 58.2 Å². The Morgan fingerprint density at radius 2 is 1.93 bits per heavy atom. The molecule has 0 fully saturated rings. The summed E-state index contributed by atoms with van der Waals surface area (Å²) in [5, 5.41) is 12.3. The van der Waals surface area contributed by atoms with E-state index in [0.717, 1.165) is 17.5 Å². The largest absolute Gasteiger partial charge is 0.477 e. The SMILES string of the molecule is CCn1cc(C(=O)O)c(=O)c2cc(CCCOCCNC(=O)OC(C)(C)C)ccc21. The first-order chi connectivity index (χ1) is 14.1. The van der Waals surface area contributed by atoms with E-state index in [-0.39, 0.29) is 5.56 Å². The number of hydrogen-bond donors (Lipinski definition) is 2. The van der Waals surface area contributed by atoms with E-state index in [0.29, 0.717) is 38.1 Å². The van der Waals surface area contributed by atoms with Gasteiger partial charge in [-0.15, -0.1) is 0 Å². The van der Waals surface area contributed by atoms with Crippen LogP contribution in [0.3, 0.4) is 0 Å². The molecule has 1 heterocycles. The monoisotopic (exact) mass is 418 g/mol. The Labute approximate surface area is 175 Å². The number of ether oxygens (including phenoxy) is 2. The van der Waals surface area contributed by atoms with Crippen molar-refractivity contribution in [3.63, 3.8) is 0 Å². The lowest BCUT2D eigenvalue weighted by molar-refractivity contribution is 0.0498. The van der Waals surface area contributed by atoms with Crippen LogP contribution >= 0.6 is 0 Å². The minimum Gasteiger partial charge on any atom is -0.477 e. The van der Waals surface area contributed by atoms with Crippen LogP contribution in [-0.2, 0) is 22.4 Å². The number of fused-ring (bicyclic) bond motifs is 1. The molecule has 0 atom stereocenters. The number of alkyl carbamates (subject to hydrolysis) is 1. The quantitative estimate of drug-likeness (QED) is 0.606. The van der Waals surface area contributed by atoms with Gasteiger partial charge >= 0.3 is 12.1 Å². The topological polar surface area (TPSA) is 107 Å². The number of rotatable bonds is 9. The van der Waals surface area contributed by atoms with Gasteiger partial charge in [0.25, 0.3) is 0 Å². The Kier molecular flexibility index (Phi) is 8.00. The van der Waals surface area contributed by atoms with E-state index in [1.807, 2.05) is 19.1 Å². The van der Waals surface area contributed by atoms with Gasteiger partial charge < -0.3 is 24.5 Å². The van der Waals surface area contributed by atoms with Crippen LogP contribution in [0.15, 0.2) is 29.2 Å². The Morgan fingerprint density at radius 1 is 1.20 bits per heavy atom. The first-order valence-electron chi connectivity index (χ1n) is 10.1. The van der Waals surface area contributed by atoms with E-state index in [1.165, 1.54) is 6.20 Å². The maximum absolute atomic E-state index is 12.5. The number of carbonyl (C=O) groups is 2. The number of aryl methyl sites for hydroxylation is 2. The zero-order valence-corrected chi connectivity index (χ0v) is 18.0. The molecule has 0 aliphatic heterocycles. The normalized spacial score (nSPS) is 11.5. The minimum absolute atomic E-state index is 0.220. The molecule has 0 saturated heterocycles. The molecule has 1 aromatic heterocycles. The number of carboxylic acids is 1. The van der Waals surface area contributed by atoms with Crippen LogP contribution in [0.4, 0.5) is 4.79 Å². The first kappa shape index (κ1) is 23.4. The second kappa shape index (κ2) is 10.2. The fourth-order valence-electron chi connectivity index (χ4n) is 3.03. The summed E-state index contributed by atoms with van der Waals surface area (Å²) in [7, 11) is 0. The molecular weight excluding hydrogens is 388 g/mol. The standard InChI is InChI=1S/C22H30N2O6/c1-5-24-14-17(20(26)27)19(25)16-13-15(8-9-18(16)24)7-6-11-29-12-10-23-21(28)30-22(2,3)4/h8-9,13-14H,5-7,10-12H2,1-4H3,(H,23,28)(H,26,27). The third-order valence-corrected chi connectivity index (χ3v) is 4.38. The average Bonchev–Trinajstić information content (AvgIpc) is 2.66. The molecule has 0 spiro atoms. The molecule has 164 valence electrons. The fraction of sp³-hybridized carbons (Fsp3) is 0.500.